The lowest BCUT2D eigenvalue weighted by atomic mass is 9.76. The maximum Gasteiger partial charge on any atom is 0.228 e. The average Bonchev–Trinajstić information content (AvgIpc) is 3.81. The van der Waals surface area contributed by atoms with E-state index in [1.807, 2.05) is 37.3 Å². The molecule has 1 aliphatic carbocycles. The molecular formula is C37H43Cl3N2O4. The van der Waals surface area contributed by atoms with E-state index in [2.05, 4.69) is 34.5 Å². The fourth-order valence-electron chi connectivity index (χ4n) is 7.15. The molecule has 3 aliphatic rings. The number of rotatable bonds is 14. The number of benzene rings is 3. The molecule has 3 aromatic carbocycles. The molecule has 3 aromatic rings. The highest BCUT2D eigenvalue weighted by Crippen LogP contribution is 2.45. The molecule has 0 radical (unpaired) electrons. The number of methoxy groups -OCH3 is 1. The van der Waals surface area contributed by atoms with Gasteiger partial charge in [-0.25, -0.2) is 0 Å². The van der Waals surface area contributed by atoms with Gasteiger partial charge in [-0.05, 0) is 110 Å². The van der Waals surface area contributed by atoms with Crippen LogP contribution in [-0.4, -0.2) is 55.9 Å². The van der Waals surface area contributed by atoms with Crippen molar-refractivity contribution in [1.29, 1.82) is 0 Å². The first kappa shape index (κ1) is 33.4. The highest BCUT2D eigenvalue weighted by molar-refractivity contribution is 6.37. The maximum absolute atomic E-state index is 14.6. The van der Waals surface area contributed by atoms with Gasteiger partial charge in [-0.3, -0.25) is 4.79 Å². The topological polar surface area (TPSA) is 60.0 Å². The monoisotopic (exact) mass is 684 g/mol. The third kappa shape index (κ3) is 7.96. The van der Waals surface area contributed by atoms with E-state index < -0.39 is 0 Å². The van der Waals surface area contributed by atoms with Crippen LogP contribution in [0, 0.1) is 12.8 Å². The van der Waals surface area contributed by atoms with Gasteiger partial charge in [0.1, 0.15) is 19.0 Å². The number of fused-ring (bicyclic) bond motifs is 2. The zero-order valence-corrected chi connectivity index (χ0v) is 28.8. The van der Waals surface area contributed by atoms with Crippen molar-refractivity contribution >= 4 is 40.7 Å². The number of nitrogens with one attached hydrogen (secondary N) is 1. The zero-order valence-electron chi connectivity index (χ0n) is 26.6. The van der Waals surface area contributed by atoms with Crippen LogP contribution in [0.25, 0.3) is 0 Å². The van der Waals surface area contributed by atoms with Crippen LogP contribution in [0.1, 0.15) is 66.7 Å². The van der Waals surface area contributed by atoms with E-state index in [0.717, 1.165) is 73.5 Å². The molecule has 9 heteroatoms. The Morgan fingerprint density at radius 1 is 0.891 bits per heavy atom. The summed E-state index contributed by atoms with van der Waals surface area (Å²) in [7, 11) is 1.73. The molecule has 2 bridgehead atoms. The average molecular weight is 686 g/mol. The number of piperidine rings is 1. The highest BCUT2D eigenvalue weighted by atomic mass is 35.5. The summed E-state index contributed by atoms with van der Waals surface area (Å²) in [5.41, 5.74) is 4.42. The van der Waals surface area contributed by atoms with Crippen LogP contribution >= 0.6 is 34.8 Å². The van der Waals surface area contributed by atoms with Gasteiger partial charge in [-0.15, -0.1) is 0 Å². The number of carbonyl (C=O) groups is 1. The maximum atomic E-state index is 14.6. The second-order valence-corrected chi connectivity index (χ2v) is 14.2. The van der Waals surface area contributed by atoms with Crippen LogP contribution in [0.15, 0.2) is 54.6 Å². The molecule has 6 nitrogen and oxygen atoms in total. The fourth-order valence-corrected chi connectivity index (χ4v) is 8.04. The molecule has 3 fully saturated rings. The van der Waals surface area contributed by atoms with Crippen molar-refractivity contribution in [3.05, 3.63) is 91.9 Å². The van der Waals surface area contributed by atoms with Crippen LogP contribution in [0.3, 0.4) is 0 Å². The number of nitrogens with zero attached hydrogens (tertiary/aromatic N) is 1. The minimum Gasteiger partial charge on any atom is -0.490 e. The van der Waals surface area contributed by atoms with Gasteiger partial charge in [-0.2, -0.15) is 0 Å². The number of aryl methyl sites for hydroxylation is 2. The van der Waals surface area contributed by atoms with Gasteiger partial charge in [0, 0.05) is 43.4 Å². The van der Waals surface area contributed by atoms with E-state index in [1.54, 1.807) is 7.11 Å². The second-order valence-electron chi connectivity index (χ2n) is 13.0. The van der Waals surface area contributed by atoms with Crippen molar-refractivity contribution in [1.82, 2.24) is 10.2 Å². The highest BCUT2D eigenvalue weighted by Gasteiger charge is 2.48. The number of hydrogen-bond acceptors (Lipinski definition) is 5. The molecule has 0 spiro atoms. The van der Waals surface area contributed by atoms with Crippen LogP contribution < -0.4 is 14.8 Å². The molecule has 246 valence electrons. The minimum absolute atomic E-state index is 0.118. The Morgan fingerprint density at radius 2 is 1.63 bits per heavy atom. The molecule has 1 amide bonds. The molecule has 2 heterocycles. The first-order chi connectivity index (χ1) is 22.3. The lowest BCUT2D eigenvalue weighted by Crippen LogP contribution is -2.52. The summed E-state index contributed by atoms with van der Waals surface area (Å²) < 4.78 is 17.0. The summed E-state index contributed by atoms with van der Waals surface area (Å²) >= 11 is 19.3. The Bertz CT molecular complexity index is 1490. The first-order valence-electron chi connectivity index (χ1n) is 16.4. The largest absolute Gasteiger partial charge is 0.490 e. The van der Waals surface area contributed by atoms with Gasteiger partial charge in [0.25, 0.3) is 0 Å². The third-order valence-electron chi connectivity index (χ3n) is 9.55. The summed E-state index contributed by atoms with van der Waals surface area (Å²) in [4.78, 5) is 16.7. The van der Waals surface area contributed by atoms with Gasteiger partial charge < -0.3 is 24.4 Å². The summed E-state index contributed by atoms with van der Waals surface area (Å²) in [6, 6.07) is 19.1. The summed E-state index contributed by atoms with van der Waals surface area (Å²) in [6.07, 6.45) is 7.07. The van der Waals surface area contributed by atoms with Crippen molar-refractivity contribution in [2.75, 3.05) is 26.9 Å². The molecule has 0 unspecified atom stereocenters. The zero-order chi connectivity index (χ0) is 32.2. The Kier molecular flexibility index (Phi) is 11.0. The lowest BCUT2D eigenvalue weighted by Gasteiger charge is -2.40. The van der Waals surface area contributed by atoms with Crippen LogP contribution in [0.4, 0.5) is 0 Å². The van der Waals surface area contributed by atoms with E-state index in [-0.39, 0.29) is 29.8 Å². The summed E-state index contributed by atoms with van der Waals surface area (Å²) in [6.45, 7) is 3.88. The molecule has 2 saturated heterocycles. The van der Waals surface area contributed by atoms with Crippen LogP contribution in [0.2, 0.25) is 15.1 Å². The predicted octanol–water partition coefficient (Wildman–Crippen LogP) is 8.41. The van der Waals surface area contributed by atoms with E-state index in [9.17, 15) is 4.79 Å². The fraction of sp³-hybridized carbons (Fsp3) is 0.486. The van der Waals surface area contributed by atoms with Crippen molar-refractivity contribution in [3.8, 4) is 11.5 Å². The third-order valence-corrected chi connectivity index (χ3v) is 10.5. The number of ether oxygens (including phenoxy) is 3. The number of halogens is 3. The Labute approximate surface area is 287 Å². The SMILES string of the molecule is COCCCc1ccc(Cl)c(CN(C(=O)[C@H]2[C@@H]3CC[C@@H](C[C@@H]2c2ccc(OCCOc4c(Cl)cc(C)cc4Cl)cc2)N3)C2CC2)c1. The van der Waals surface area contributed by atoms with Gasteiger partial charge in [0.15, 0.2) is 5.75 Å². The molecule has 0 aromatic heterocycles. The molecule has 46 heavy (non-hydrogen) atoms. The minimum atomic E-state index is -0.118. The summed E-state index contributed by atoms with van der Waals surface area (Å²) in [5.74, 6) is 1.50. The molecule has 6 rings (SSSR count). The van der Waals surface area contributed by atoms with Gasteiger partial charge >= 0.3 is 0 Å². The van der Waals surface area contributed by atoms with E-state index in [4.69, 9.17) is 49.0 Å². The van der Waals surface area contributed by atoms with E-state index >= 15 is 0 Å². The summed E-state index contributed by atoms with van der Waals surface area (Å²) in [5, 5.41) is 5.48. The van der Waals surface area contributed by atoms with E-state index in [0.29, 0.717) is 41.6 Å². The van der Waals surface area contributed by atoms with Crippen molar-refractivity contribution in [2.24, 2.45) is 5.92 Å². The number of amides is 1. The number of hydrogen-bond donors (Lipinski definition) is 1. The molecular weight excluding hydrogens is 643 g/mol. The van der Waals surface area contributed by atoms with Gasteiger partial charge in [0.2, 0.25) is 5.91 Å². The molecule has 4 atom stereocenters. The predicted molar refractivity (Wildman–Crippen MR) is 185 cm³/mol. The first-order valence-corrected chi connectivity index (χ1v) is 17.6. The Morgan fingerprint density at radius 3 is 2.35 bits per heavy atom. The van der Waals surface area contributed by atoms with Gasteiger partial charge in [-0.1, -0.05) is 59.1 Å². The van der Waals surface area contributed by atoms with E-state index in [1.165, 1.54) is 11.1 Å². The molecule has 1 N–H and O–H groups in total. The normalized spacial score (nSPS) is 22.1. The van der Waals surface area contributed by atoms with Crippen molar-refractivity contribution < 1.29 is 19.0 Å². The quantitative estimate of drug-likeness (QED) is 0.173. The second kappa shape index (κ2) is 15.2. The molecule has 2 aliphatic heterocycles. The van der Waals surface area contributed by atoms with Crippen molar-refractivity contribution in [2.45, 2.75) is 82.5 Å². The standard InChI is InChI=1S/C37H43Cl3N2O4/c1-23-18-32(39)36(33(40)19-23)46-17-16-45-29-11-6-25(7-12-29)30-21-27-8-14-34(41-27)35(30)37(43)42(28-9-10-28)22-26-20-24(4-3-15-44-2)5-13-31(26)38/h5-7,11-13,18-20,27-28,30,34-35,41H,3-4,8-10,14-17,21-22H2,1-2H3/t27-,30+,34-,35+/m0/s1. The molecule has 1 saturated carbocycles. The Hall–Kier alpha value is -2.48. The number of carbonyl (C=O) groups excluding carboxylic acids is 1. The Balaban J connectivity index is 1.13. The van der Waals surface area contributed by atoms with Crippen molar-refractivity contribution in [3.63, 3.8) is 0 Å². The lowest BCUT2D eigenvalue weighted by molar-refractivity contribution is -0.139. The van der Waals surface area contributed by atoms with Crippen LogP contribution in [-0.2, 0) is 22.5 Å². The van der Waals surface area contributed by atoms with Gasteiger partial charge in [0.05, 0.1) is 16.0 Å². The van der Waals surface area contributed by atoms with Crippen LogP contribution in [0.5, 0.6) is 11.5 Å². The smallest absolute Gasteiger partial charge is 0.228 e.